The SMILES string of the molecule is CCC(COC)Nc1nccc(-c2cc(F)c(OC)cc2C)c1[N+](=O)[O-]. The Labute approximate surface area is 151 Å². The number of hydrogen-bond donors (Lipinski definition) is 1. The summed E-state index contributed by atoms with van der Waals surface area (Å²) in [6.07, 6.45) is 2.17. The van der Waals surface area contributed by atoms with E-state index in [0.29, 0.717) is 29.7 Å². The van der Waals surface area contributed by atoms with Crippen molar-refractivity contribution in [3.8, 4) is 16.9 Å². The fourth-order valence-corrected chi connectivity index (χ4v) is 2.72. The number of anilines is 1. The molecule has 1 heterocycles. The van der Waals surface area contributed by atoms with Crippen LogP contribution in [0.2, 0.25) is 0 Å². The van der Waals surface area contributed by atoms with Gasteiger partial charge in [-0.3, -0.25) is 10.1 Å². The molecule has 0 fully saturated rings. The second kappa shape index (κ2) is 8.57. The highest BCUT2D eigenvalue weighted by Gasteiger charge is 2.25. The molecule has 0 radical (unpaired) electrons. The van der Waals surface area contributed by atoms with Crippen LogP contribution in [0.3, 0.4) is 0 Å². The maximum absolute atomic E-state index is 14.2. The van der Waals surface area contributed by atoms with Crippen molar-refractivity contribution in [2.24, 2.45) is 0 Å². The first-order chi connectivity index (χ1) is 12.4. The Morgan fingerprint density at radius 2 is 2.08 bits per heavy atom. The van der Waals surface area contributed by atoms with Crippen molar-refractivity contribution < 1.29 is 18.8 Å². The highest BCUT2D eigenvalue weighted by molar-refractivity contribution is 5.82. The molecule has 0 bridgehead atoms. The number of aryl methyl sites for hydroxylation is 1. The molecule has 0 amide bonds. The molecule has 0 saturated carbocycles. The number of benzene rings is 1. The number of nitrogens with zero attached hydrogens (tertiary/aromatic N) is 2. The van der Waals surface area contributed by atoms with E-state index >= 15 is 0 Å². The molecule has 2 rings (SSSR count). The summed E-state index contributed by atoms with van der Waals surface area (Å²) in [5.74, 6) is -0.362. The molecule has 0 aliphatic carbocycles. The molecule has 140 valence electrons. The number of ether oxygens (including phenoxy) is 2. The number of rotatable bonds is 8. The normalized spacial score (nSPS) is 11.9. The second-order valence-corrected chi connectivity index (χ2v) is 5.82. The highest BCUT2D eigenvalue weighted by atomic mass is 19.1. The van der Waals surface area contributed by atoms with Crippen LogP contribution in [0, 0.1) is 22.9 Å². The van der Waals surface area contributed by atoms with E-state index < -0.39 is 10.7 Å². The van der Waals surface area contributed by atoms with Crippen LogP contribution in [0.1, 0.15) is 18.9 Å². The lowest BCUT2D eigenvalue weighted by Crippen LogP contribution is -2.25. The zero-order valence-corrected chi connectivity index (χ0v) is 15.2. The first-order valence-corrected chi connectivity index (χ1v) is 8.16. The van der Waals surface area contributed by atoms with Gasteiger partial charge in [0.2, 0.25) is 5.82 Å². The molecule has 0 aliphatic heterocycles. The standard InChI is InChI=1S/C18H22FN3O4/c1-5-12(10-25-3)21-18-17(22(23)24)13(6-7-20-18)14-9-15(19)16(26-4)8-11(14)2/h6-9,12H,5,10H2,1-4H3,(H,20,21). The Kier molecular flexibility index (Phi) is 6.46. The Bertz CT molecular complexity index is 798. The van der Waals surface area contributed by atoms with Gasteiger partial charge >= 0.3 is 5.69 Å². The number of methoxy groups -OCH3 is 2. The minimum absolute atomic E-state index is 0.0902. The fraction of sp³-hybridized carbons (Fsp3) is 0.389. The van der Waals surface area contributed by atoms with Gasteiger partial charge in [0.1, 0.15) is 0 Å². The summed E-state index contributed by atoms with van der Waals surface area (Å²) >= 11 is 0. The van der Waals surface area contributed by atoms with E-state index in [9.17, 15) is 14.5 Å². The molecule has 1 aromatic heterocycles. The number of halogens is 1. The van der Waals surface area contributed by atoms with Gasteiger partial charge < -0.3 is 14.8 Å². The molecule has 2 aromatic rings. The van der Waals surface area contributed by atoms with E-state index in [2.05, 4.69) is 10.3 Å². The number of nitro groups is 1. The molecular formula is C18H22FN3O4. The van der Waals surface area contributed by atoms with Crippen LogP contribution in [0.4, 0.5) is 15.9 Å². The van der Waals surface area contributed by atoms with Crippen LogP contribution < -0.4 is 10.1 Å². The van der Waals surface area contributed by atoms with Crippen LogP contribution in [-0.4, -0.2) is 36.8 Å². The first-order valence-electron chi connectivity index (χ1n) is 8.16. The van der Waals surface area contributed by atoms with Crippen molar-refractivity contribution in [1.82, 2.24) is 4.98 Å². The third-order valence-electron chi connectivity index (χ3n) is 4.10. The monoisotopic (exact) mass is 363 g/mol. The summed E-state index contributed by atoms with van der Waals surface area (Å²) in [5, 5.41) is 14.8. The van der Waals surface area contributed by atoms with E-state index in [1.54, 1.807) is 14.0 Å². The van der Waals surface area contributed by atoms with Gasteiger partial charge in [0, 0.05) is 13.3 Å². The smallest absolute Gasteiger partial charge is 0.319 e. The predicted molar refractivity (Wildman–Crippen MR) is 97.2 cm³/mol. The molecule has 1 aromatic carbocycles. The highest BCUT2D eigenvalue weighted by Crippen LogP contribution is 2.38. The van der Waals surface area contributed by atoms with Crippen molar-refractivity contribution in [2.45, 2.75) is 26.3 Å². The van der Waals surface area contributed by atoms with Crippen LogP contribution in [0.25, 0.3) is 11.1 Å². The summed E-state index contributed by atoms with van der Waals surface area (Å²) in [6.45, 7) is 4.07. The van der Waals surface area contributed by atoms with E-state index in [4.69, 9.17) is 9.47 Å². The maximum Gasteiger partial charge on any atom is 0.319 e. The summed E-state index contributed by atoms with van der Waals surface area (Å²) < 4.78 is 24.3. The average Bonchev–Trinajstić information content (AvgIpc) is 2.62. The Balaban J connectivity index is 2.58. The summed E-state index contributed by atoms with van der Waals surface area (Å²) in [4.78, 5) is 15.3. The van der Waals surface area contributed by atoms with E-state index in [1.807, 2.05) is 6.92 Å². The zero-order chi connectivity index (χ0) is 19.3. The van der Waals surface area contributed by atoms with Gasteiger partial charge in [0.05, 0.1) is 30.2 Å². The summed E-state index contributed by atoms with van der Waals surface area (Å²) in [7, 11) is 2.93. The molecule has 7 nitrogen and oxygen atoms in total. The number of pyridine rings is 1. The lowest BCUT2D eigenvalue weighted by atomic mass is 9.99. The number of nitrogens with one attached hydrogen (secondary N) is 1. The van der Waals surface area contributed by atoms with Crippen LogP contribution in [-0.2, 0) is 4.74 Å². The zero-order valence-electron chi connectivity index (χ0n) is 15.2. The largest absolute Gasteiger partial charge is 0.494 e. The fourth-order valence-electron chi connectivity index (χ4n) is 2.72. The second-order valence-electron chi connectivity index (χ2n) is 5.82. The van der Waals surface area contributed by atoms with Crippen molar-refractivity contribution in [3.63, 3.8) is 0 Å². The summed E-state index contributed by atoms with van der Waals surface area (Å²) in [5.41, 5.74) is 1.17. The van der Waals surface area contributed by atoms with E-state index in [0.717, 1.165) is 0 Å². The molecule has 8 heteroatoms. The maximum atomic E-state index is 14.2. The Morgan fingerprint density at radius 1 is 1.35 bits per heavy atom. The molecule has 1 unspecified atom stereocenters. The van der Waals surface area contributed by atoms with Gasteiger partial charge in [-0.2, -0.15) is 0 Å². The minimum atomic E-state index is -0.584. The van der Waals surface area contributed by atoms with E-state index in [-0.39, 0.29) is 23.3 Å². The predicted octanol–water partition coefficient (Wildman–Crippen LogP) is 3.95. The van der Waals surface area contributed by atoms with Gasteiger partial charge in [0.15, 0.2) is 11.6 Å². The van der Waals surface area contributed by atoms with E-state index in [1.165, 1.54) is 31.5 Å². The quantitative estimate of drug-likeness (QED) is 0.564. The molecule has 1 N–H and O–H groups in total. The topological polar surface area (TPSA) is 86.5 Å². The average molecular weight is 363 g/mol. The third-order valence-corrected chi connectivity index (χ3v) is 4.10. The molecule has 0 aliphatic rings. The Morgan fingerprint density at radius 3 is 2.65 bits per heavy atom. The first kappa shape index (κ1) is 19.6. The van der Waals surface area contributed by atoms with Crippen LogP contribution in [0.5, 0.6) is 5.75 Å². The van der Waals surface area contributed by atoms with Crippen molar-refractivity contribution in [2.75, 3.05) is 26.1 Å². The van der Waals surface area contributed by atoms with Gasteiger partial charge in [-0.15, -0.1) is 0 Å². The van der Waals surface area contributed by atoms with Gasteiger partial charge in [-0.25, -0.2) is 9.37 Å². The van der Waals surface area contributed by atoms with Crippen molar-refractivity contribution in [3.05, 3.63) is 45.9 Å². The minimum Gasteiger partial charge on any atom is -0.494 e. The molecule has 1 atom stereocenters. The van der Waals surface area contributed by atoms with Crippen LogP contribution in [0.15, 0.2) is 24.4 Å². The Hall–Kier alpha value is -2.74. The lowest BCUT2D eigenvalue weighted by Gasteiger charge is -2.17. The van der Waals surface area contributed by atoms with Crippen LogP contribution >= 0.6 is 0 Å². The molecule has 26 heavy (non-hydrogen) atoms. The van der Waals surface area contributed by atoms with Crippen molar-refractivity contribution in [1.29, 1.82) is 0 Å². The van der Waals surface area contributed by atoms with Crippen molar-refractivity contribution >= 4 is 11.5 Å². The molecular weight excluding hydrogens is 341 g/mol. The summed E-state index contributed by atoms with van der Waals surface area (Å²) in [6, 6.07) is 4.14. The third kappa shape index (κ3) is 4.08. The number of aromatic nitrogens is 1. The molecule has 0 saturated heterocycles. The van der Waals surface area contributed by atoms with Gasteiger partial charge in [-0.05, 0) is 42.7 Å². The lowest BCUT2D eigenvalue weighted by molar-refractivity contribution is -0.383. The van der Waals surface area contributed by atoms with Gasteiger partial charge in [-0.1, -0.05) is 6.92 Å². The molecule has 0 spiro atoms. The van der Waals surface area contributed by atoms with Gasteiger partial charge in [0.25, 0.3) is 0 Å². The number of hydrogen-bond acceptors (Lipinski definition) is 6.